The van der Waals surface area contributed by atoms with Crippen molar-refractivity contribution < 1.29 is 0 Å². The Bertz CT molecular complexity index is 381. The first-order valence-corrected chi connectivity index (χ1v) is 6.86. The standard InChI is InChI=1S/C14H23NS/c1-8(2)13-10(5)11(6)14(12(7)15-13)16-9(3)4/h8-9H,1-7H3. The van der Waals surface area contributed by atoms with Crippen LogP contribution in [0.25, 0.3) is 0 Å². The fourth-order valence-corrected chi connectivity index (χ4v) is 2.94. The van der Waals surface area contributed by atoms with Gasteiger partial charge >= 0.3 is 0 Å². The minimum atomic E-state index is 0.510. The lowest BCUT2D eigenvalue weighted by Crippen LogP contribution is -2.04. The molecule has 0 aliphatic rings. The summed E-state index contributed by atoms with van der Waals surface area (Å²) in [6.45, 7) is 15.4. The van der Waals surface area contributed by atoms with Gasteiger partial charge in [0.2, 0.25) is 0 Å². The fourth-order valence-electron chi connectivity index (χ4n) is 1.92. The van der Waals surface area contributed by atoms with Gasteiger partial charge in [-0.15, -0.1) is 11.8 Å². The molecule has 0 aliphatic carbocycles. The van der Waals surface area contributed by atoms with Crippen molar-refractivity contribution in [2.24, 2.45) is 0 Å². The van der Waals surface area contributed by atoms with Gasteiger partial charge < -0.3 is 0 Å². The molecule has 1 rings (SSSR count). The molecule has 0 spiro atoms. The lowest BCUT2D eigenvalue weighted by Gasteiger charge is -2.18. The molecule has 0 atom stereocenters. The second-order valence-corrected chi connectivity index (χ2v) is 6.57. The lowest BCUT2D eigenvalue weighted by molar-refractivity contribution is 0.790. The van der Waals surface area contributed by atoms with Gasteiger partial charge in [0.05, 0.1) is 5.69 Å². The van der Waals surface area contributed by atoms with Crippen molar-refractivity contribution in [1.82, 2.24) is 4.98 Å². The molecule has 0 amide bonds. The highest BCUT2D eigenvalue weighted by atomic mass is 32.2. The van der Waals surface area contributed by atoms with Crippen LogP contribution in [0.5, 0.6) is 0 Å². The highest BCUT2D eigenvalue weighted by Crippen LogP contribution is 2.33. The summed E-state index contributed by atoms with van der Waals surface area (Å²) < 4.78 is 0. The smallest absolute Gasteiger partial charge is 0.0514 e. The molecule has 0 fully saturated rings. The summed E-state index contributed by atoms with van der Waals surface area (Å²) in [5.74, 6) is 0.510. The summed E-state index contributed by atoms with van der Waals surface area (Å²) in [4.78, 5) is 6.14. The zero-order valence-corrected chi connectivity index (χ0v) is 12.3. The van der Waals surface area contributed by atoms with Crippen LogP contribution in [-0.4, -0.2) is 10.2 Å². The predicted octanol–water partition coefficient (Wildman–Crippen LogP) is 4.63. The fraction of sp³-hybridized carbons (Fsp3) is 0.643. The summed E-state index contributed by atoms with van der Waals surface area (Å²) in [6, 6.07) is 0. The third-order valence-corrected chi connectivity index (χ3v) is 4.11. The van der Waals surface area contributed by atoms with Gasteiger partial charge in [-0.25, -0.2) is 0 Å². The molecular formula is C14H23NS. The van der Waals surface area contributed by atoms with Crippen LogP contribution >= 0.6 is 11.8 Å². The van der Waals surface area contributed by atoms with Crippen LogP contribution in [0.15, 0.2) is 4.90 Å². The number of hydrogen-bond donors (Lipinski definition) is 0. The van der Waals surface area contributed by atoms with Gasteiger partial charge in [-0.2, -0.15) is 0 Å². The third-order valence-electron chi connectivity index (χ3n) is 2.80. The molecule has 0 aliphatic heterocycles. The Kier molecular flexibility index (Phi) is 4.43. The topological polar surface area (TPSA) is 12.9 Å². The van der Waals surface area contributed by atoms with E-state index in [2.05, 4.69) is 48.5 Å². The van der Waals surface area contributed by atoms with E-state index >= 15 is 0 Å². The maximum absolute atomic E-state index is 4.77. The molecule has 0 radical (unpaired) electrons. The van der Waals surface area contributed by atoms with E-state index in [0.717, 1.165) is 0 Å². The van der Waals surface area contributed by atoms with E-state index in [1.54, 1.807) is 0 Å². The number of aryl methyl sites for hydroxylation is 1. The molecule has 1 aromatic rings. The Labute approximate surface area is 104 Å². The minimum absolute atomic E-state index is 0.510. The zero-order valence-electron chi connectivity index (χ0n) is 11.5. The molecule has 1 heterocycles. The number of nitrogens with zero attached hydrogens (tertiary/aromatic N) is 1. The number of rotatable bonds is 3. The monoisotopic (exact) mass is 237 g/mol. The lowest BCUT2D eigenvalue weighted by atomic mass is 10.0. The molecule has 2 heteroatoms. The number of pyridine rings is 1. The third kappa shape index (κ3) is 2.79. The molecule has 0 aromatic carbocycles. The molecule has 0 bridgehead atoms. The molecule has 1 aromatic heterocycles. The Balaban J connectivity index is 3.28. The molecule has 1 nitrogen and oxygen atoms in total. The molecule has 16 heavy (non-hydrogen) atoms. The van der Waals surface area contributed by atoms with Crippen LogP contribution in [0.2, 0.25) is 0 Å². The summed E-state index contributed by atoms with van der Waals surface area (Å²) in [5.41, 5.74) is 5.22. The highest BCUT2D eigenvalue weighted by Gasteiger charge is 2.15. The van der Waals surface area contributed by atoms with E-state index in [0.29, 0.717) is 11.2 Å². The number of hydrogen-bond acceptors (Lipinski definition) is 2. The normalized spacial score (nSPS) is 11.6. The van der Waals surface area contributed by atoms with Crippen molar-refractivity contribution >= 4 is 11.8 Å². The van der Waals surface area contributed by atoms with Crippen molar-refractivity contribution in [3.05, 3.63) is 22.5 Å². The van der Waals surface area contributed by atoms with Gasteiger partial charge in [0, 0.05) is 15.8 Å². The van der Waals surface area contributed by atoms with E-state index in [1.165, 1.54) is 27.4 Å². The first-order valence-electron chi connectivity index (χ1n) is 5.99. The first kappa shape index (κ1) is 13.6. The van der Waals surface area contributed by atoms with Gasteiger partial charge in [-0.3, -0.25) is 4.98 Å². The van der Waals surface area contributed by atoms with Gasteiger partial charge in [0.1, 0.15) is 0 Å². The summed E-state index contributed by atoms with van der Waals surface area (Å²) in [5, 5.41) is 0.614. The van der Waals surface area contributed by atoms with Crippen molar-refractivity contribution in [2.45, 2.75) is 64.5 Å². The van der Waals surface area contributed by atoms with Crippen LogP contribution in [0.1, 0.15) is 56.1 Å². The maximum Gasteiger partial charge on any atom is 0.0514 e. The van der Waals surface area contributed by atoms with Gasteiger partial charge in [0.25, 0.3) is 0 Å². The average molecular weight is 237 g/mol. The minimum Gasteiger partial charge on any atom is -0.256 e. The Morgan fingerprint density at radius 3 is 1.94 bits per heavy atom. The van der Waals surface area contributed by atoms with Gasteiger partial charge in [-0.1, -0.05) is 27.7 Å². The molecule has 0 unspecified atom stereocenters. The predicted molar refractivity (Wildman–Crippen MR) is 73.5 cm³/mol. The second-order valence-electron chi connectivity index (χ2n) is 4.98. The van der Waals surface area contributed by atoms with Gasteiger partial charge in [-0.05, 0) is 37.8 Å². The maximum atomic E-state index is 4.77. The largest absolute Gasteiger partial charge is 0.256 e. The number of thioether (sulfide) groups is 1. The van der Waals surface area contributed by atoms with Crippen molar-refractivity contribution in [1.29, 1.82) is 0 Å². The highest BCUT2D eigenvalue weighted by molar-refractivity contribution is 8.00. The molecule has 0 saturated carbocycles. The molecule has 0 saturated heterocycles. The quantitative estimate of drug-likeness (QED) is 0.711. The van der Waals surface area contributed by atoms with Crippen LogP contribution < -0.4 is 0 Å². The van der Waals surface area contributed by atoms with E-state index in [1.807, 2.05) is 11.8 Å². The van der Waals surface area contributed by atoms with Gasteiger partial charge in [0.15, 0.2) is 0 Å². The Morgan fingerprint density at radius 1 is 0.938 bits per heavy atom. The Hall–Kier alpha value is -0.500. The molecule has 0 N–H and O–H groups in total. The van der Waals surface area contributed by atoms with Crippen molar-refractivity contribution in [2.75, 3.05) is 0 Å². The van der Waals surface area contributed by atoms with Crippen LogP contribution in [-0.2, 0) is 0 Å². The first-order chi connectivity index (χ1) is 7.34. The van der Waals surface area contributed by atoms with E-state index in [9.17, 15) is 0 Å². The molecule has 90 valence electrons. The van der Waals surface area contributed by atoms with Crippen molar-refractivity contribution in [3.63, 3.8) is 0 Å². The summed E-state index contributed by atoms with van der Waals surface area (Å²) in [7, 11) is 0. The van der Waals surface area contributed by atoms with Crippen LogP contribution in [0.3, 0.4) is 0 Å². The summed E-state index contributed by atoms with van der Waals surface area (Å²) >= 11 is 1.92. The number of aromatic nitrogens is 1. The van der Waals surface area contributed by atoms with Crippen LogP contribution in [0, 0.1) is 20.8 Å². The zero-order chi connectivity index (χ0) is 12.5. The molecular weight excluding hydrogens is 214 g/mol. The van der Waals surface area contributed by atoms with Crippen LogP contribution in [0.4, 0.5) is 0 Å². The van der Waals surface area contributed by atoms with E-state index in [4.69, 9.17) is 4.98 Å². The second kappa shape index (κ2) is 5.22. The average Bonchev–Trinajstić information content (AvgIpc) is 2.17. The van der Waals surface area contributed by atoms with E-state index in [-0.39, 0.29) is 0 Å². The Morgan fingerprint density at radius 2 is 1.50 bits per heavy atom. The van der Waals surface area contributed by atoms with E-state index < -0.39 is 0 Å². The SMILES string of the molecule is Cc1nc(C(C)C)c(C)c(C)c1SC(C)C. The van der Waals surface area contributed by atoms with Crippen molar-refractivity contribution in [3.8, 4) is 0 Å². The summed E-state index contributed by atoms with van der Waals surface area (Å²) in [6.07, 6.45) is 0.